The monoisotopic (exact) mass is 245 g/mol. The molecule has 0 spiro atoms. The van der Waals surface area contributed by atoms with Gasteiger partial charge in [-0.2, -0.15) is 4.57 Å². The van der Waals surface area contributed by atoms with Crippen molar-refractivity contribution in [1.82, 2.24) is 0 Å². The minimum atomic E-state index is -10.7. The predicted molar refractivity (Wildman–Crippen MR) is 39.1 cm³/mol. The number of rotatable bonds is 0. The molecule has 0 saturated heterocycles. The summed E-state index contributed by atoms with van der Waals surface area (Å²) in [5.41, 5.74) is 2.04. The second-order valence-electron chi connectivity index (χ2n) is 2.15. The van der Waals surface area contributed by atoms with Crippen molar-refractivity contribution < 1.29 is 29.7 Å². The minimum absolute atomic E-state index is 1.70. The van der Waals surface area contributed by atoms with Crippen molar-refractivity contribution in [3.8, 4) is 0 Å². The Labute approximate surface area is 73.9 Å². The maximum atomic E-state index is 9.87. The third kappa shape index (κ3) is 24.5. The van der Waals surface area contributed by atoms with Crippen LogP contribution in [-0.4, -0.2) is 0 Å². The summed E-state index contributed by atoms with van der Waals surface area (Å²) in [6.45, 7) is 0. The van der Waals surface area contributed by atoms with Gasteiger partial charge in [-0.05, 0) is 0 Å². The molecule has 0 aliphatic carbocycles. The Kier molecular flexibility index (Phi) is 2.74. The summed E-state index contributed by atoms with van der Waals surface area (Å²) in [5.74, 6) is 0. The molecule has 1 nitrogen and oxygen atoms in total. The van der Waals surface area contributed by atoms with Crippen LogP contribution in [0.4, 0.5) is 25.2 Å². The van der Waals surface area contributed by atoms with E-state index in [-0.39, 0.29) is 0 Å². The molecule has 0 aliphatic heterocycles. The number of hydrogen-bond acceptors (Lipinski definition) is 1. The van der Waals surface area contributed by atoms with Crippen LogP contribution in [0, 0.1) is 0 Å². The molecule has 1 rings (SSSR count). The molecule has 9 heteroatoms. The summed E-state index contributed by atoms with van der Waals surface area (Å²) in [4.78, 5) is 0. The summed E-state index contributed by atoms with van der Waals surface area (Å²) in [6.07, 6.45) is 2.02. The van der Waals surface area contributed by atoms with Crippen molar-refractivity contribution >= 4 is 19.1 Å². The Morgan fingerprint density at radius 2 is 1.46 bits per heavy atom. The fourth-order valence-corrected chi connectivity index (χ4v) is 0.892. The number of aryl methyl sites for hydroxylation is 1. The molecule has 13 heavy (non-hydrogen) atoms. The fourth-order valence-electron chi connectivity index (χ4n) is 0.297. The molecule has 1 aromatic rings. The summed E-state index contributed by atoms with van der Waals surface area (Å²) < 4.78 is 61.2. The standard InChI is InChI=1S/C4H6NS.F6P/c1-5-2-3-6-4-5;1-7(2,3,4,5)6/h2-4H,1H3;/q+1;-1. The van der Waals surface area contributed by atoms with Gasteiger partial charge in [-0.3, -0.25) is 0 Å². The molecule has 1 aromatic heterocycles. The van der Waals surface area contributed by atoms with Gasteiger partial charge in [0.25, 0.3) is 0 Å². The average Bonchev–Trinajstić information content (AvgIpc) is 2.07. The molecule has 0 aromatic carbocycles. The summed E-state index contributed by atoms with van der Waals surface area (Å²) in [7, 11) is -8.65. The second-order valence-corrected chi connectivity index (χ2v) is 4.82. The Hall–Kier alpha value is -0.360. The van der Waals surface area contributed by atoms with Gasteiger partial charge in [-0.25, -0.2) is 0 Å². The van der Waals surface area contributed by atoms with E-state index >= 15 is 0 Å². The Morgan fingerprint density at radius 1 is 1.08 bits per heavy atom. The van der Waals surface area contributed by atoms with Crippen LogP contribution >= 0.6 is 19.1 Å². The van der Waals surface area contributed by atoms with E-state index in [2.05, 4.69) is 0 Å². The third-order valence-corrected chi connectivity index (χ3v) is 1.33. The SMILES string of the molecule is C[n+]1ccsc1.F[P-](F)(F)(F)(F)F. The summed E-state index contributed by atoms with van der Waals surface area (Å²) in [5, 5.41) is 2.04. The van der Waals surface area contributed by atoms with Crippen LogP contribution in [0.1, 0.15) is 0 Å². The van der Waals surface area contributed by atoms with Crippen LogP contribution in [0.3, 0.4) is 0 Å². The Balaban J connectivity index is 0.000000223. The molecule has 0 saturated carbocycles. The molecule has 0 aliphatic rings. The van der Waals surface area contributed by atoms with E-state index in [0.717, 1.165) is 0 Å². The molecule has 0 N–H and O–H groups in total. The van der Waals surface area contributed by atoms with Gasteiger partial charge in [-0.1, -0.05) is 11.3 Å². The van der Waals surface area contributed by atoms with Gasteiger partial charge >= 0.3 is 33.0 Å². The van der Waals surface area contributed by atoms with Crippen LogP contribution in [0.5, 0.6) is 0 Å². The van der Waals surface area contributed by atoms with Crippen molar-refractivity contribution in [1.29, 1.82) is 0 Å². The van der Waals surface area contributed by atoms with E-state index in [4.69, 9.17) is 0 Å². The number of aromatic nitrogens is 1. The zero-order chi connectivity index (χ0) is 10.8. The van der Waals surface area contributed by atoms with Gasteiger partial charge in [-0.15, -0.1) is 0 Å². The first-order chi connectivity index (χ1) is 5.34. The van der Waals surface area contributed by atoms with E-state index in [9.17, 15) is 25.2 Å². The van der Waals surface area contributed by atoms with Gasteiger partial charge < -0.3 is 0 Å². The van der Waals surface area contributed by atoms with Crippen LogP contribution in [0.15, 0.2) is 17.1 Å². The van der Waals surface area contributed by atoms with Crippen molar-refractivity contribution in [2.45, 2.75) is 0 Å². The van der Waals surface area contributed by atoms with Gasteiger partial charge in [0, 0.05) is 0 Å². The first kappa shape index (κ1) is 12.6. The summed E-state index contributed by atoms with van der Waals surface area (Å²) in [6, 6.07) is 0. The predicted octanol–water partition coefficient (Wildman–Crippen LogP) is 3.96. The Bertz CT molecular complexity index is 249. The van der Waals surface area contributed by atoms with Crippen LogP contribution < -0.4 is 4.57 Å². The number of hydrogen-bond donors (Lipinski definition) is 0. The normalized spacial score (nSPS) is 16.5. The number of halogens is 6. The topological polar surface area (TPSA) is 3.88 Å². The van der Waals surface area contributed by atoms with Crippen molar-refractivity contribution in [2.24, 2.45) is 7.05 Å². The van der Waals surface area contributed by atoms with E-state index in [1.165, 1.54) is 0 Å². The van der Waals surface area contributed by atoms with Gasteiger partial charge in [0.1, 0.15) is 7.05 Å². The maximum absolute atomic E-state index is 10.7. The average molecular weight is 245 g/mol. The first-order valence-corrected chi connectivity index (χ1v) is 5.75. The molecule has 0 radical (unpaired) electrons. The molecule has 1 heterocycles. The molecule has 0 atom stereocenters. The van der Waals surface area contributed by atoms with Gasteiger partial charge in [0.15, 0.2) is 6.20 Å². The molecule has 0 bridgehead atoms. The van der Waals surface area contributed by atoms with E-state index < -0.39 is 7.81 Å². The number of thiazole rings is 1. The van der Waals surface area contributed by atoms with E-state index in [1.807, 2.05) is 28.7 Å². The van der Waals surface area contributed by atoms with Crippen molar-refractivity contribution in [3.63, 3.8) is 0 Å². The summed E-state index contributed by atoms with van der Waals surface area (Å²) >= 11 is 1.70. The molecule has 80 valence electrons. The van der Waals surface area contributed by atoms with Crippen LogP contribution in [0.25, 0.3) is 0 Å². The van der Waals surface area contributed by atoms with Crippen molar-refractivity contribution in [3.05, 3.63) is 17.1 Å². The zero-order valence-corrected chi connectivity index (χ0v) is 8.01. The fraction of sp³-hybridized carbons (Fsp3) is 0.250. The second kappa shape index (κ2) is 2.81. The molecule has 0 amide bonds. The molecular weight excluding hydrogens is 239 g/mol. The van der Waals surface area contributed by atoms with Gasteiger partial charge in [0.2, 0.25) is 5.51 Å². The number of nitrogens with zero attached hydrogens (tertiary/aromatic N) is 1. The molecular formula is C4H6F6NPS. The molecule has 0 unspecified atom stereocenters. The van der Waals surface area contributed by atoms with Crippen LogP contribution in [-0.2, 0) is 7.05 Å². The van der Waals surface area contributed by atoms with E-state index in [0.29, 0.717) is 0 Å². The van der Waals surface area contributed by atoms with Gasteiger partial charge in [0.05, 0.1) is 5.38 Å². The Morgan fingerprint density at radius 3 is 1.54 bits per heavy atom. The first-order valence-electron chi connectivity index (χ1n) is 2.78. The molecule has 0 fully saturated rings. The quantitative estimate of drug-likeness (QED) is 0.370. The third-order valence-electron chi connectivity index (χ3n) is 0.602. The van der Waals surface area contributed by atoms with E-state index in [1.54, 1.807) is 11.3 Å². The zero-order valence-electron chi connectivity index (χ0n) is 6.30. The van der Waals surface area contributed by atoms with Crippen LogP contribution in [0.2, 0.25) is 0 Å². The van der Waals surface area contributed by atoms with Crippen molar-refractivity contribution in [2.75, 3.05) is 0 Å².